The van der Waals surface area contributed by atoms with Gasteiger partial charge in [-0.05, 0) is 109 Å². The third-order valence-electron chi connectivity index (χ3n) is 11.5. The molecule has 360 valence electrons. The molecule has 0 bridgehead atoms. The summed E-state index contributed by atoms with van der Waals surface area (Å²) in [6.07, 6.45) is 66.5. The van der Waals surface area contributed by atoms with Crippen molar-refractivity contribution in [3.05, 3.63) is 60.8 Å². The third kappa shape index (κ3) is 50.2. The fourth-order valence-corrected chi connectivity index (χ4v) is 7.45. The SMILES string of the molecule is CCCCC/C=C\C/C=C\CCCCCCCC(=O)OCC(COCCCCCCCC/C=C\CCCCCCCC)OC(=O)CCCCCCC/C=C\C/C=C\CCCCC. The second kappa shape index (κ2) is 52.9. The van der Waals surface area contributed by atoms with Gasteiger partial charge in [-0.1, -0.05) is 204 Å². The van der Waals surface area contributed by atoms with Crippen LogP contribution in [0.15, 0.2) is 60.8 Å². The van der Waals surface area contributed by atoms with E-state index < -0.39 is 6.10 Å². The van der Waals surface area contributed by atoms with Crippen molar-refractivity contribution in [2.45, 2.75) is 271 Å². The number of hydrogen-bond donors (Lipinski definition) is 0. The summed E-state index contributed by atoms with van der Waals surface area (Å²) in [7, 11) is 0. The standard InChI is InChI=1S/C57H102O5/c1-4-7-10-13-16-19-22-25-28-31-34-37-40-43-46-49-52-60-53-55(62-57(59)51-48-45-42-39-36-33-30-27-24-21-18-15-12-9-6-3)54-61-56(58)50-47-44-41-38-35-32-29-26-23-20-17-14-11-8-5-2/h17-18,20-21,25-30,55H,4-16,19,22-24,31-54H2,1-3H3/b20-17-,21-18-,28-25-,29-26-,30-27-. The molecule has 0 fully saturated rings. The summed E-state index contributed by atoms with van der Waals surface area (Å²) in [5, 5.41) is 0. The van der Waals surface area contributed by atoms with Crippen LogP contribution in [0.3, 0.4) is 0 Å². The van der Waals surface area contributed by atoms with E-state index in [9.17, 15) is 9.59 Å². The van der Waals surface area contributed by atoms with Gasteiger partial charge in [0.25, 0.3) is 0 Å². The third-order valence-corrected chi connectivity index (χ3v) is 11.5. The zero-order valence-corrected chi connectivity index (χ0v) is 41.4. The van der Waals surface area contributed by atoms with E-state index in [1.807, 2.05) is 0 Å². The predicted molar refractivity (Wildman–Crippen MR) is 270 cm³/mol. The van der Waals surface area contributed by atoms with Gasteiger partial charge in [-0.15, -0.1) is 0 Å². The maximum Gasteiger partial charge on any atom is 0.306 e. The van der Waals surface area contributed by atoms with E-state index in [1.54, 1.807) is 0 Å². The lowest BCUT2D eigenvalue weighted by molar-refractivity contribution is -0.163. The maximum absolute atomic E-state index is 12.8. The summed E-state index contributed by atoms with van der Waals surface area (Å²) in [6.45, 7) is 7.75. The van der Waals surface area contributed by atoms with E-state index in [0.29, 0.717) is 19.4 Å². The van der Waals surface area contributed by atoms with E-state index in [1.165, 1.54) is 154 Å². The van der Waals surface area contributed by atoms with Crippen LogP contribution in [0.4, 0.5) is 0 Å². The highest BCUT2D eigenvalue weighted by molar-refractivity contribution is 5.70. The Labute approximate surface area is 385 Å². The summed E-state index contributed by atoms with van der Waals surface area (Å²) in [4.78, 5) is 25.4. The van der Waals surface area contributed by atoms with E-state index in [0.717, 1.165) is 77.0 Å². The Balaban J connectivity index is 4.32. The number of carbonyl (C=O) groups is 2. The van der Waals surface area contributed by atoms with Crippen LogP contribution in [0, 0.1) is 0 Å². The highest BCUT2D eigenvalue weighted by atomic mass is 16.6. The monoisotopic (exact) mass is 867 g/mol. The lowest BCUT2D eigenvalue weighted by Crippen LogP contribution is -2.30. The number of rotatable bonds is 49. The molecule has 5 heteroatoms. The zero-order chi connectivity index (χ0) is 44.9. The van der Waals surface area contributed by atoms with Gasteiger partial charge < -0.3 is 14.2 Å². The predicted octanol–water partition coefficient (Wildman–Crippen LogP) is 18.1. The molecule has 0 aliphatic heterocycles. The zero-order valence-electron chi connectivity index (χ0n) is 41.4. The maximum atomic E-state index is 12.8. The molecule has 62 heavy (non-hydrogen) atoms. The molecule has 0 saturated heterocycles. The van der Waals surface area contributed by atoms with Gasteiger partial charge in [-0.25, -0.2) is 0 Å². The fourth-order valence-electron chi connectivity index (χ4n) is 7.45. The van der Waals surface area contributed by atoms with Gasteiger partial charge in [0.05, 0.1) is 6.61 Å². The number of unbranched alkanes of at least 4 members (excludes halogenated alkanes) is 28. The van der Waals surface area contributed by atoms with E-state index in [2.05, 4.69) is 81.5 Å². The number of esters is 2. The van der Waals surface area contributed by atoms with Gasteiger partial charge in [-0.2, -0.15) is 0 Å². The highest BCUT2D eigenvalue weighted by Crippen LogP contribution is 2.14. The van der Waals surface area contributed by atoms with Crippen LogP contribution < -0.4 is 0 Å². The molecule has 0 radical (unpaired) electrons. The molecule has 1 unspecified atom stereocenters. The smallest absolute Gasteiger partial charge is 0.306 e. The van der Waals surface area contributed by atoms with Gasteiger partial charge in [0, 0.05) is 19.4 Å². The topological polar surface area (TPSA) is 61.8 Å². The van der Waals surface area contributed by atoms with Crippen molar-refractivity contribution in [2.75, 3.05) is 19.8 Å². The first-order valence-electron chi connectivity index (χ1n) is 26.8. The molecule has 0 spiro atoms. The van der Waals surface area contributed by atoms with Crippen molar-refractivity contribution in [1.82, 2.24) is 0 Å². The lowest BCUT2D eigenvalue weighted by Gasteiger charge is -2.18. The first-order chi connectivity index (χ1) is 30.6. The highest BCUT2D eigenvalue weighted by Gasteiger charge is 2.17. The minimum atomic E-state index is -0.553. The molecule has 1 atom stereocenters. The second-order valence-corrected chi connectivity index (χ2v) is 17.8. The Kier molecular flexibility index (Phi) is 50.9. The Hall–Kier alpha value is -2.40. The molecule has 0 amide bonds. The van der Waals surface area contributed by atoms with Gasteiger partial charge in [0.1, 0.15) is 6.61 Å². The number of allylic oxidation sites excluding steroid dienone is 10. The van der Waals surface area contributed by atoms with Crippen molar-refractivity contribution in [3.63, 3.8) is 0 Å². The van der Waals surface area contributed by atoms with Crippen LogP contribution in [0.5, 0.6) is 0 Å². The summed E-state index contributed by atoms with van der Waals surface area (Å²) >= 11 is 0. The molecule has 0 saturated carbocycles. The van der Waals surface area contributed by atoms with E-state index in [4.69, 9.17) is 14.2 Å². The van der Waals surface area contributed by atoms with Gasteiger partial charge >= 0.3 is 11.9 Å². The normalized spacial score (nSPS) is 12.6. The molecule has 0 aromatic carbocycles. The Morgan fingerprint density at radius 2 is 0.677 bits per heavy atom. The Morgan fingerprint density at radius 1 is 0.355 bits per heavy atom. The van der Waals surface area contributed by atoms with Crippen LogP contribution in [0.2, 0.25) is 0 Å². The minimum absolute atomic E-state index is 0.0698. The van der Waals surface area contributed by atoms with Crippen molar-refractivity contribution >= 4 is 11.9 Å². The van der Waals surface area contributed by atoms with Gasteiger partial charge in [0.15, 0.2) is 6.10 Å². The van der Waals surface area contributed by atoms with Crippen LogP contribution in [-0.4, -0.2) is 37.9 Å². The van der Waals surface area contributed by atoms with Gasteiger partial charge in [-0.3, -0.25) is 9.59 Å². The first kappa shape index (κ1) is 59.6. The summed E-state index contributed by atoms with van der Waals surface area (Å²) in [5.74, 6) is -0.426. The molecule has 0 N–H and O–H groups in total. The van der Waals surface area contributed by atoms with Crippen LogP contribution in [0.25, 0.3) is 0 Å². The summed E-state index contributed by atoms with van der Waals surface area (Å²) < 4.78 is 17.4. The lowest BCUT2D eigenvalue weighted by atomic mass is 10.1. The number of ether oxygens (including phenoxy) is 3. The second-order valence-electron chi connectivity index (χ2n) is 17.8. The summed E-state index contributed by atoms with van der Waals surface area (Å²) in [6, 6.07) is 0. The van der Waals surface area contributed by atoms with E-state index >= 15 is 0 Å². The van der Waals surface area contributed by atoms with Crippen molar-refractivity contribution in [3.8, 4) is 0 Å². The van der Waals surface area contributed by atoms with Crippen LogP contribution >= 0.6 is 0 Å². The average Bonchev–Trinajstić information content (AvgIpc) is 3.27. The Bertz CT molecular complexity index is 1070. The molecular formula is C57H102O5. The molecule has 0 heterocycles. The van der Waals surface area contributed by atoms with Crippen LogP contribution in [0.1, 0.15) is 265 Å². The largest absolute Gasteiger partial charge is 0.462 e. The molecule has 0 rings (SSSR count). The first-order valence-corrected chi connectivity index (χ1v) is 26.8. The fraction of sp³-hybridized carbons (Fsp3) is 0.789. The van der Waals surface area contributed by atoms with Crippen molar-refractivity contribution < 1.29 is 23.8 Å². The summed E-state index contributed by atoms with van der Waals surface area (Å²) in [5.41, 5.74) is 0. The molecule has 0 aliphatic carbocycles. The van der Waals surface area contributed by atoms with Crippen LogP contribution in [-0.2, 0) is 23.8 Å². The Morgan fingerprint density at radius 3 is 1.11 bits per heavy atom. The molecule has 0 aromatic rings. The molecule has 0 aromatic heterocycles. The molecule has 0 aliphatic rings. The minimum Gasteiger partial charge on any atom is -0.462 e. The average molecular weight is 867 g/mol. The number of hydrogen-bond acceptors (Lipinski definition) is 5. The molecule has 5 nitrogen and oxygen atoms in total. The van der Waals surface area contributed by atoms with Crippen molar-refractivity contribution in [1.29, 1.82) is 0 Å². The quantitative estimate of drug-likeness (QED) is 0.0346. The van der Waals surface area contributed by atoms with Crippen molar-refractivity contribution in [2.24, 2.45) is 0 Å². The van der Waals surface area contributed by atoms with Gasteiger partial charge in [0.2, 0.25) is 0 Å². The van der Waals surface area contributed by atoms with E-state index in [-0.39, 0.29) is 25.2 Å². The molecular weight excluding hydrogens is 765 g/mol. The number of carbonyl (C=O) groups excluding carboxylic acids is 2.